The maximum atomic E-state index is 12.8. The average Bonchev–Trinajstić information content (AvgIpc) is 3.39. The number of aryl methyl sites for hydroxylation is 1. The van der Waals surface area contributed by atoms with Crippen molar-refractivity contribution in [2.24, 2.45) is 5.92 Å². The van der Waals surface area contributed by atoms with Crippen LogP contribution in [0, 0.1) is 12.8 Å². The molecule has 8 heteroatoms. The molecular weight excluding hydrogens is 360 g/mol. The zero-order valence-electron chi connectivity index (χ0n) is 14.3. The molecule has 1 aliphatic rings. The van der Waals surface area contributed by atoms with Gasteiger partial charge in [-0.25, -0.2) is 4.79 Å². The van der Waals surface area contributed by atoms with E-state index in [1.807, 2.05) is 0 Å². The Hall–Kier alpha value is -2.67. The molecule has 0 aliphatic heterocycles. The molecule has 1 saturated carbocycles. The molecule has 7 nitrogen and oxygen atoms in total. The molecule has 26 heavy (non-hydrogen) atoms. The molecule has 1 aromatic heterocycles. The molecule has 0 amide bonds. The average molecular weight is 377 g/mol. The number of ether oxygens (including phenoxy) is 1. The van der Waals surface area contributed by atoms with Gasteiger partial charge in [0.05, 0.1) is 18.6 Å². The summed E-state index contributed by atoms with van der Waals surface area (Å²) in [4.78, 5) is 49.7. The van der Waals surface area contributed by atoms with Crippen LogP contribution in [-0.2, 0) is 9.53 Å². The van der Waals surface area contributed by atoms with Crippen LogP contribution in [0.25, 0.3) is 0 Å². The van der Waals surface area contributed by atoms with Gasteiger partial charge in [-0.3, -0.25) is 19.0 Å². The Morgan fingerprint density at radius 3 is 2.50 bits per heavy atom. The highest BCUT2D eigenvalue weighted by molar-refractivity contribution is 6.30. The first-order valence-electron chi connectivity index (χ1n) is 8.16. The predicted molar refractivity (Wildman–Crippen MR) is 94.7 cm³/mol. The third-order valence-corrected chi connectivity index (χ3v) is 4.53. The summed E-state index contributed by atoms with van der Waals surface area (Å²) in [6.07, 6.45) is 1.83. The molecule has 0 saturated heterocycles. The minimum Gasteiger partial charge on any atom is -0.466 e. The Morgan fingerprint density at radius 2 is 1.88 bits per heavy atom. The number of aromatic nitrogens is 2. The molecule has 0 spiro atoms. The van der Waals surface area contributed by atoms with Crippen LogP contribution in [0.4, 0.5) is 0 Å². The van der Waals surface area contributed by atoms with Crippen LogP contribution in [0.1, 0.15) is 35.3 Å². The summed E-state index contributed by atoms with van der Waals surface area (Å²) >= 11 is 5.81. The zero-order chi connectivity index (χ0) is 19.0. The summed E-state index contributed by atoms with van der Waals surface area (Å²) in [6, 6.07) is 5.49. The van der Waals surface area contributed by atoms with Gasteiger partial charge in [-0.05, 0) is 44.5 Å². The van der Waals surface area contributed by atoms with E-state index in [2.05, 4.69) is 0 Å². The Balaban J connectivity index is 2.02. The SMILES string of the molecule is CCOC(=O)[C@@H]1C[C@H]1n1cc(C)c(=O)n(C(=O)c2ccc(Cl)cc2)c1=O. The molecule has 1 aromatic carbocycles. The number of hydrogen-bond donors (Lipinski definition) is 0. The minimum atomic E-state index is -0.766. The van der Waals surface area contributed by atoms with E-state index in [-0.39, 0.29) is 23.7 Å². The van der Waals surface area contributed by atoms with Crippen molar-refractivity contribution in [2.45, 2.75) is 26.3 Å². The van der Waals surface area contributed by atoms with Crippen LogP contribution in [0.2, 0.25) is 5.02 Å². The highest BCUT2D eigenvalue weighted by atomic mass is 35.5. The van der Waals surface area contributed by atoms with Crippen LogP contribution in [0.5, 0.6) is 0 Å². The van der Waals surface area contributed by atoms with Crippen molar-refractivity contribution >= 4 is 23.5 Å². The van der Waals surface area contributed by atoms with E-state index in [1.54, 1.807) is 6.92 Å². The topological polar surface area (TPSA) is 87.4 Å². The van der Waals surface area contributed by atoms with Crippen molar-refractivity contribution < 1.29 is 14.3 Å². The molecule has 1 fully saturated rings. The van der Waals surface area contributed by atoms with Gasteiger partial charge in [-0.2, -0.15) is 4.57 Å². The summed E-state index contributed by atoms with van der Waals surface area (Å²) in [5.41, 5.74) is -1.04. The van der Waals surface area contributed by atoms with Crippen molar-refractivity contribution in [3.8, 4) is 0 Å². The van der Waals surface area contributed by atoms with E-state index >= 15 is 0 Å². The van der Waals surface area contributed by atoms with Crippen molar-refractivity contribution in [3.63, 3.8) is 0 Å². The number of carbonyl (C=O) groups excluding carboxylic acids is 2. The van der Waals surface area contributed by atoms with Crippen molar-refractivity contribution in [2.75, 3.05) is 6.61 Å². The lowest BCUT2D eigenvalue weighted by atomic mass is 10.2. The highest BCUT2D eigenvalue weighted by Crippen LogP contribution is 2.43. The van der Waals surface area contributed by atoms with E-state index in [1.165, 1.54) is 42.0 Å². The van der Waals surface area contributed by atoms with Crippen LogP contribution in [0.3, 0.4) is 0 Å². The smallest absolute Gasteiger partial charge is 0.338 e. The third kappa shape index (κ3) is 3.22. The maximum Gasteiger partial charge on any atom is 0.338 e. The highest BCUT2D eigenvalue weighted by Gasteiger charge is 2.46. The van der Waals surface area contributed by atoms with E-state index in [0.29, 0.717) is 16.0 Å². The second kappa shape index (κ2) is 6.92. The van der Waals surface area contributed by atoms with E-state index in [4.69, 9.17) is 16.3 Å². The largest absolute Gasteiger partial charge is 0.466 e. The maximum absolute atomic E-state index is 12.8. The second-order valence-electron chi connectivity index (χ2n) is 6.12. The van der Waals surface area contributed by atoms with Crippen LogP contribution in [0.15, 0.2) is 40.1 Å². The van der Waals surface area contributed by atoms with Crippen LogP contribution < -0.4 is 11.2 Å². The van der Waals surface area contributed by atoms with Gasteiger partial charge in [-0.1, -0.05) is 11.6 Å². The summed E-state index contributed by atoms with van der Waals surface area (Å²) in [6.45, 7) is 3.48. The Labute approximate surface area is 153 Å². The van der Waals surface area contributed by atoms with Gasteiger partial charge in [0.25, 0.3) is 11.5 Å². The summed E-state index contributed by atoms with van der Waals surface area (Å²) in [5, 5.41) is 0.436. The molecule has 0 unspecified atom stereocenters. The molecule has 2 aromatic rings. The number of halogens is 1. The van der Waals surface area contributed by atoms with Gasteiger partial charge in [0.15, 0.2) is 0 Å². The third-order valence-electron chi connectivity index (χ3n) is 4.28. The minimum absolute atomic E-state index is 0.170. The first kappa shape index (κ1) is 18.1. The predicted octanol–water partition coefficient (Wildman–Crippen LogP) is 1.78. The van der Waals surface area contributed by atoms with Gasteiger partial charge >= 0.3 is 11.7 Å². The number of carbonyl (C=O) groups is 2. The quantitative estimate of drug-likeness (QED) is 0.759. The summed E-state index contributed by atoms with van der Waals surface area (Å²) < 4.78 is 6.83. The molecular formula is C18H17ClN2O5. The molecule has 136 valence electrons. The number of benzene rings is 1. The van der Waals surface area contributed by atoms with Crippen molar-refractivity contribution in [1.29, 1.82) is 0 Å². The van der Waals surface area contributed by atoms with Gasteiger partial charge in [-0.15, -0.1) is 0 Å². The Bertz CT molecular complexity index is 990. The lowest BCUT2D eigenvalue weighted by Gasteiger charge is -2.11. The Kier molecular flexibility index (Phi) is 4.82. The van der Waals surface area contributed by atoms with Gasteiger partial charge < -0.3 is 4.74 Å². The normalized spacial score (nSPS) is 18.4. The Morgan fingerprint density at radius 1 is 1.23 bits per heavy atom. The van der Waals surface area contributed by atoms with Gasteiger partial charge in [0.2, 0.25) is 0 Å². The summed E-state index contributed by atoms with van der Waals surface area (Å²) in [5.74, 6) is -1.56. The monoisotopic (exact) mass is 376 g/mol. The lowest BCUT2D eigenvalue weighted by Crippen LogP contribution is -2.44. The summed E-state index contributed by atoms with van der Waals surface area (Å²) in [7, 11) is 0. The number of hydrogen-bond acceptors (Lipinski definition) is 5. The molecule has 1 heterocycles. The molecule has 0 bridgehead atoms. The molecule has 1 aliphatic carbocycles. The van der Waals surface area contributed by atoms with E-state index < -0.39 is 29.1 Å². The van der Waals surface area contributed by atoms with E-state index in [0.717, 1.165) is 0 Å². The van der Waals surface area contributed by atoms with Crippen LogP contribution >= 0.6 is 11.6 Å². The van der Waals surface area contributed by atoms with E-state index in [9.17, 15) is 19.2 Å². The standard InChI is InChI=1S/C18H17ClN2O5/c1-3-26-17(24)13-8-14(13)20-9-10(2)15(22)21(18(20)25)16(23)11-4-6-12(19)7-5-11/h4-7,9,13-14H,3,8H2,1-2H3/t13-,14-/m1/s1. The van der Waals surface area contributed by atoms with Crippen molar-refractivity contribution in [1.82, 2.24) is 9.13 Å². The lowest BCUT2D eigenvalue weighted by molar-refractivity contribution is -0.144. The fourth-order valence-corrected chi connectivity index (χ4v) is 2.95. The molecule has 3 rings (SSSR count). The first-order valence-corrected chi connectivity index (χ1v) is 8.54. The second-order valence-corrected chi connectivity index (χ2v) is 6.55. The number of nitrogens with zero attached hydrogens (tertiary/aromatic N) is 2. The van der Waals surface area contributed by atoms with Gasteiger partial charge in [0, 0.05) is 22.3 Å². The number of esters is 1. The fraction of sp³-hybridized carbons (Fsp3) is 0.333. The molecule has 0 N–H and O–H groups in total. The number of rotatable bonds is 4. The van der Waals surface area contributed by atoms with Crippen molar-refractivity contribution in [3.05, 3.63) is 67.4 Å². The fourth-order valence-electron chi connectivity index (χ4n) is 2.83. The first-order chi connectivity index (χ1) is 12.3. The molecule has 0 radical (unpaired) electrons. The molecule has 2 atom stereocenters. The van der Waals surface area contributed by atoms with Gasteiger partial charge in [0.1, 0.15) is 0 Å². The zero-order valence-corrected chi connectivity index (χ0v) is 15.0. The van der Waals surface area contributed by atoms with Crippen LogP contribution in [-0.4, -0.2) is 27.6 Å².